The Kier molecular flexibility index (Phi) is 3.54. The number of hydrogen-bond donors (Lipinski definition) is 0. The van der Waals surface area contributed by atoms with Gasteiger partial charge >= 0.3 is 6.18 Å². The molecule has 1 aromatic heterocycles. The zero-order valence-electron chi connectivity index (χ0n) is 9.98. The van der Waals surface area contributed by atoms with Crippen LogP contribution in [0.1, 0.15) is 19.0 Å². The third-order valence-corrected chi connectivity index (χ3v) is 2.95. The molecule has 0 aromatic carbocycles. The number of anilines is 1. The Morgan fingerprint density at radius 2 is 2.11 bits per heavy atom. The minimum atomic E-state index is -4.42. The lowest BCUT2D eigenvalue weighted by Crippen LogP contribution is -2.31. The molecule has 1 aromatic rings. The van der Waals surface area contributed by atoms with E-state index < -0.39 is 11.9 Å². The maximum atomic E-state index is 12.6. The molecule has 0 bridgehead atoms. The highest BCUT2D eigenvalue weighted by molar-refractivity contribution is 5.40. The Labute approximate surface area is 103 Å². The van der Waals surface area contributed by atoms with Crippen LogP contribution in [-0.2, 0) is 6.18 Å². The van der Waals surface area contributed by atoms with Gasteiger partial charge in [-0.05, 0) is 19.3 Å². The summed E-state index contributed by atoms with van der Waals surface area (Å²) in [5.74, 6) is 0.745. The van der Waals surface area contributed by atoms with Gasteiger partial charge in [-0.25, -0.2) is 9.97 Å². The summed E-state index contributed by atoms with van der Waals surface area (Å²) in [4.78, 5) is 9.03. The van der Waals surface area contributed by atoms with Crippen molar-refractivity contribution in [3.05, 3.63) is 30.2 Å². The van der Waals surface area contributed by atoms with Gasteiger partial charge in [0.2, 0.25) is 0 Å². The van der Waals surface area contributed by atoms with Crippen molar-refractivity contribution in [2.24, 2.45) is 5.92 Å². The van der Waals surface area contributed by atoms with E-state index in [4.69, 9.17) is 0 Å². The topological polar surface area (TPSA) is 29.0 Å². The van der Waals surface area contributed by atoms with E-state index in [-0.39, 0.29) is 0 Å². The van der Waals surface area contributed by atoms with Crippen LogP contribution in [0.2, 0.25) is 0 Å². The summed E-state index contributed by atoms with van der Waals surface area (Å²) in [6.45, 7) is 3.22. The number of alkyl halides is 3. The average molecular weight is 257 g/mol. The molecule has 0 aliphatic heterocycles. The zero-order valence-corrected chi connectivity index (χ0v) is 9.98. The summed E-state index contributed by atoms with van der Waals surface area (Å²) in [5, 5.41) is 0. The molecule has 0 saturated carbocycles. The van der Waals surface area contributed by atoms with Crippen molar-refractivity contribution in [2.45, 2.75) is 19.5 Å². The van der Waals surface area contributed by atoms with E-state index in [2.05, 4.69) is 22.1 Å². The molecule has 0 fully saturated rings. The number of halogens is 3. The number of nitrogens with zero attached hydrogens (tertiary/aromatic N) is 3. The molecule has 98 valence electrons. The predicted molar refractivity (Wildman–Crippen MR) is 62.2 cm³/mol. The smallest absolute Gasteiger partial charge is 0.356 e. The highest BCUT2D eigenvalue weighted by atomic mass is 19.4. The molecule has 1 aliphatic carbocycles. The molecule has 0 saturated heterocycles. The Hall–Kier alpha value is -1.59. The van der Waals surface area contributed by atoms with Gasteiger partial charge in [-0.2, -0.15) is 13.2 Å². The van der Waals surface area contributed by atoms with E-state index in [9.17, 15) is 13.2 Å². The average Bonchev–Trinajstić information content (AvgIpc) is 2.27. The van der Waals surface area contributed by atoms with Crippen molar-refractivity contribution in [3.63, 3.8) is 0 Å². The van der Waals surface area contributed by atoms with Gasteiger partial charge in [0.1, 0.15) is 17.8 Å². The summed E-state index contributed by atoms with van der Waals surface area (Å²) in [5.41, 5.74) is -0.893. The number of rotatable bonds is 4. The summed E-state index contributed by atoms with van der Waals surface area (Å²) >= 11 is 0. The molecular weight excluding hydrogens is 243 g/mol. The van der Waals surface area contributed by atoms with E-state index in [0.717, 1.165) is 18.8 Å². The lowest BCUT2D eigenvalue weighted by Gasteiger charge is -2.28. The van der Waals surface area contributed by atoms with Gasteiger partial charge in [0.15, 0.2) is 0 Å². The molecule has 1 unspecified atom stereocenters. The molecule has 0 amide bonds. The van der Waals surface area contributed by atoms with Crippen LogP contribution in [0, 0.1) is 5.92 Å². The van der Waals surface area contributed by atoms with E-state index in [0.29, 0.717) is 24.8 Å². The van der Waals surface area contributed by atoms with Crippen LogP contribution in [0.4, 0.5) is 19.0 Å². The van der Waals surface area contributed by atoms with Crippen molar-refractivity contribution >= 4 is 5.82 Å². The molecule has 0 N–H and O–H groups in total. The van der Waals surface area contributed by atoms with Crippen molar-refractivity contribution in [2.75, 3.05) is 18.0 Å². The molecular formula is C12H14F3N3. The number of hydrogen-bond acceptors (Lipinski definition) is 3. The molecule has 1 aliphatic rings. The number of aromatic nitrogens is 2. The van der Waals surface area contributed by atoms with Gasteiger partial charge in [-0.1, -0.05) is 12.2 Å². The van der Waals surface area contributed by atoms with Crippen LogP contribution in [0.15, 0.2) is 24.5 Å². The van der Waals surface area contributed by atoms with E-state index >= 15 is 0 Å². The molecule has 0 radical (unpaired) electrons. The van der Waals surface area contributed by atoms with Gasteiger partial charge in [0, 0.05) is 19.2 Å². The first-order valence-electron chi connectivity index (χ1n) is 5.81. The normalized spacial score (nSPS) is 18.6. The summed E-state index contributed by atoms with van der Waals surface area (Å²) in [6.07, 6.45) is 1.65. The van der Waals surface area contributed by atoms with Crippen LogP contribution in [0.25, 0.3) is 0 Å². The van der Waals surface area contributed by atoms with Crippen LogP contribution >= 0.6 is 0 Å². The minimum absolute atomic E-state index is 0.333. The maximum Gasteiger partial charge on any atom is 0.433 e. The lowest BCUT2D eigenvalue weighted by molar-refractivity contribution is -0.141. The maximum absolute atomic E-state index is 12.6. The minimum Gasteiger partial charge on any atom is -0.356 e. The third-order valence-electron chi connectivity index (χ3n) is 2.95. The fourth-order valence-electron chi connectivity index (χ4n) is 1.81. The molecule has 2 rings (SSSR count). The first-order valence-corrected chi connectivity index (χ1v) is 5.81. The van der Waals surface area contributed by atoms with Gasteiger partial charge in [0.25, 0.3) is 0 Å². The van der Waals surface area contributed by atoms with Crippen molar-refractivity contribution in [1.29, 1.82) is 0 Å². The van der Waals surface area contributed by atoms with Crippen LogP contribution < -0.4 is 4.90 Å². The fraction of sp³-hybridized carbons (Fsp3) is 0.500. The van der Waals surface area contributed by atoms with Gasteiger partial charge in [0.05, 0.1) is 0 Å². The van der Waals surface area contributed by atoms with Crippen molar-refractivity contribution in [3.8, 4) is 0 Å². The van der Waals surface area contributed by atoms with E-state index in [1.54, 1.807) is 0 Å². The summed E-state index contributed by atoms with van der Waals surface area (Å²) < 4.78 is 37.7. The second-order valence-corrected chi connectivity index (χ2v) is 4.22. The monoisotopic (exact) mass is 257 g/mol. The Balaban J connectivity index is 2.17. The predicted octanol–water partition coefficient (Wildman–Crippen LogP) is 2.90. The standard InChI is InChI=1S/C12H14F3N3/c1-2-18(7-9-4-3-5-9)11-6-10(12(13,14)15)16-8-17-11/h3-4,6,8-9H,2,5,7H2,1H3. The largest absolute Gasteiger partial charge is 0.433 e. The van der Waals surface area contributed by atoms with Gasteiger partial charge in [-0.3, -0.25) is 0 Å². The van der Waals surface area contributed by atoms with Gasteiger partial charge in [-0.15, -0.1) is 0 Å². The summed E-state index contributed by atoms with van der Waals surface area (Å²) in [7, 11) is 0. The Morgan fingerprint density at radius 3 is 2.61 bits per heavy atom. The quantitative estimate of drug-likeness (QED) is 0.777. The molecule has 3 nitrogen and oxygen atoms in total. The number of allylic oxidation sites excluding steroid dienone is 1. The SMILES string of the molecule is CCN(CC1C=CC1)c1cc(C(F)(F)F)ncn1. The summed E-state index contributed by atoms with van der Waals surface area (Å²) in [6, 6.07) is 1.01. The Bertz CT molecular complexity index is 442. The molecule has 1 atom stereocenters. The molecule has 1 heterocycles. The molecule has 18 heavy (non-hydrogen) atoms. The zero-order chi connectivity index (χ0) is 13.2. The molecule has 0 spiro atoms. The first kappa shape index (κ1) is 12.9. The highest BCUT2D eigenvalue weighted by Crippen LogP contribution is 2.29. The van der Waals surface area contributed by atoms with E-state index in [1.807, 2.05) is 11.8 Å². The second-order valence-electron chi connectivity index (χ2n) is 4.22. The van der Waals surface area contributed by atoms with Crippen LogP contribution in [-0.4, -0.2) is 23.1 Å². The van der Waals surface area contributed by atoms with Crippen LogP contribution in [0.3, 0.4) is 0 Å². The second kappa shape index (κ2) is 4.96. The Morgan fingerprint density at radius 1 is 1.39 bits per heavy atom. The fourth-order valence-corrected chi connectivity index (χ4v) is 1.81. The van der Waals surface area contributed by atoms with Crippen molar-refractivity contribution < 1.29 is 13.2 Å². The van der Waals surface area contributed by atoms with Crippen LogP contribution in [0.5, 0.6) is 0 Å². The molecule has 6 heteroatoms. The first-order chi connectivity index (χ1) is 8.50. The highest BCUT2D eigenvalue weighted by Gasteiger charge is 2.33. The van der Waals surface area contributed by atoms with Gasteiger partial charge < -0.3 is 4.90 Å². The third kappa shape index (κ3) is 2.80. The van der Waals surface area contributed by atoms with Crippen molar-refractivity contribution in [1.82, 2.24) is 9.97 Å². The van der Waals surface area contributed by atoms with E-state index in [1.165, 1.54) is 0 Å². The lowest BCUT2D eigenvalue weighted by atomic mass is 9.95.